The third-order valence-electron chi connectivity index (χ3n) is 0.586. The molecule has 0 spiro atoms. The monoisotopic (exact) mass is 246 g/mol. The molecule has 0 saturated carbocycles. The van der Waals surface area contributed by atoms with Crippen LogP contribution in [0.3, 0.4) is 0 Å². The standard InChI is InChI=1S/C3H3Cl5S/c1-9-3(7,8)2(4,5)6/h1H3. The molecule has 0 aromatic rings. The molecule has 9 heavy (non-hydrogen) atoms. The van der Waals surface area contributed by atoms with E-state index in [9.17, 15) is 0 Å². The number of thioether (sulfide) groups is 1. The minimum atomic E-state index is -1.64. The van der Waals surface area contributed by atoms with Crippen LogP contribution in [0.15, 0.2) is 0 Å². The van der Waals surface area contributed by atoms with Gasteiger partial charge in [-0.25, -0.2) is 0 Å². The van der Waals surface area contributed by atoms with E-state index in [0.717, 1.165) is 11.8 Å². The highest BCUT2D eigenvalue weighted by Gasteiger charge is 2.45. The highest BCUT2D eigenvalue weighted by atomic mass is 35.6. The minimum Gasteiger partial charge on any atom is -0.122 e. The number of rotatable bonds is 1. The zero-order valence-electron chi connectivity index (χ0n) is 4.30. The molecule has 0 N–H and O–H groups in total. The van der Waals surface area contributed by atoms with Gasteiger partial charge in [0.25, 0.3) is 0 Å². The fraction of sp³-hybridized carbons (Fsp3) is 1.00. The molecule has 6 heteroatoms. The second-order valence-electron chi connectivity index (χ2n) is 1.22. The van der Waals surface area contributed by atoms with Gasteiger partial charge >= 0.3 is 0 Å². The van der Waals surface area contributed by atoms with E-state index >= 15 is 0 Å². The van der Waals surface area contributed by atoms with Crippen LogP contribution < -0.4 is 0 Å². The Morgan fingerprint density at radius 2 is 1.33 bits per heavy atom. The highest BCUT2D eigenvalue weighted by molar-refractivity contribution is 8.02. The van der Waals surface area contributed by atoms with Gasteiger partial charge in [0, 0.05) is 0 Å². The summed E-state index contributed by atoms with van der Waals surface area (Å²) in [4.78, 5) is 0. The number of hydrogen-bond donors (Lipinski definition) is 0. The second kappa shape index (κ2) is 3.46. The summed E-state index contributed by atoms with van der Waals surface area (Å²) < 4.78 is -3.01. The molecule has 0 aliphatic rings. The van der Waals surface area contributed by atoms with Crippen molar-refractivity contribution in [1.29, 1.82) is 0 Å². The lowest BCUT2D eigenvalue weighted by atomic mass is 10.9. The Labute approximate surface area is 83.1 Å². The predicted octanol–water partition coefficient (Wildman–Crippen LogP) is 3.85. The van der Waals surface area contributed by atoms with Crippen LogP contribution in [-0.2, 0) is 0 Å². The van der Waals surface area contributed by atoms with Gasteiger partial charge in [0.05, 0.1) is 0 Å². The normalized spacial score (nSPS) is 14.0. The van der Waals surface area contributed by atoms with E-state index in [-0.39, 0.29) is 0 Å². The Morgan fingerprint density at radius 3 is 1.33 bits per heavy atom. The third kappa shape index (κ3) is 3.13. The van der Waals surface area contributed by atoms with Gasteiger partial charge in [-0.05, 0) is 6.26 Å². The number of alkyl halides is 5. The quantitative estimate of drug-likeness (QED) is 0.635. The molecule has 0 atom stereocenters. The van der Waals surface area contributed by atoms with Gasteiger partial charge in [-0.2, -0.15) is 0 Å². The van der Waals surface area contributed by atoms with Crippen molar-refractivity contribution in [2.24, 2.45) is 0 Å². The second-order valence-corrected chi connectivity index (χ2v) is 6.30. The van der Waals surface area contributed by atoms with Crippen molar-refractivity contribution in [2.45, 2.75) is 7.46 Å². The summed E-state index contributed by atoms with van der Waals surface area (Å²) in [6.07, 6.45) is 1.65. The van der Waals surface area contributed by atoms with Gasteiger partial charge in [0.15, 0.2) is 0 Å². The number of hydrogen-bond acceptors (Lipinski definition) is 1. The summed E-state index contributed by atoms with van der Waals surface area (Å²) in [5.41, 5.74) is 0. The third-order valence-corrected chi connectivity index (χ3v) is 4.67. The molecule has 0 radical (unpaired) electrons. The van der Waals surface area contributed by atoms with Gasteiger partial charge in [0.1, 0.15) is 0 Å². The van der Waals surface area contributed by atoms with Crippen LogP contribution in [0.1, 0.15) is 0 Å². The Balaban J connectivity index is 4.14. The van der Waals surface area contributed by atoms with Crippen molar-refractivity contribution in [3.8, 4) is 0 Å². The summed E-state index contributed by atoms with van der Waals surface area (Å²) >= 11 is 28.2. The molecule has 0 fully saturated rings. The first kappa shape index (κ1) is 10.8. The maximum absolute atomic E-state index is 5.53. The van der Waals surface area contributed by atoms with E-state index in [1.165, 1.54) is 0 Å². The lowest BCUT2D eigenvalue weighted by Crippen LogP contribution is -2.26. The zero-order chi connectivity index (χ0) is 7.71. The molecule has 0 unspecified atom stereocenters. The van der Waals surface area contributed by atoms with Gasteiger partial charge < -0.3 is 0 Å². The van der Waals surface area contributed by atoms with Crippen LogP contribution in [0, 0.1) is 0 Å². The fourth-order valence-corrected chi connectivity index (χ4v) is 1.04. The van der Waals surface area contributed by atoms with Gasteiger partial charge in [-0.1, -0.05) is 58.0 Å². The van der Waals surface area contributed by atoms with Crippen molar-refractivity contribution in [1.82, 2.24) is 0 Å². The van der Waals surface area contributed by atoms with Crippen LogP contribution in [-0.4, -0.2) is 13.7 Å². The Hall–Kier alpha value is 1.80. The van der Waals surface area contributed by atoms with Crippen molar-refractivity contribution >= 4 is 69.8 Å². The van der Waals surface area contributed by atoms with E-state index in [1.807, 2.05) is 0 Å². The lowest BCUT2D eigenvalue weighted by Gasteiger charge is -2.24. The van der Waals surface area contributed by atoms with Gasteiger partial charge in [-0.3, -0.25) is 0 Å². The molecule has 0 amide bonds. The zero-order valence-corrected chi connectivity index (χ0v) is 8.89. The maximum Gasteiger partial charge on any atom is 0.232 e. The van der Waals surface area contributed by atoms with Crippen molar-refractivity contribution < 1.29 is 0 Å². The molecule has 0 rings (SSSR count). The number of halogens is 5. The smallest absolute Gasteiger partial charge is 0.122 e. The van der Waals surface area contributed by atoms with Crippen molar-refractivity contribution in [3.05, 3.63) is 0 Å². The van der Waals surface area contributed by atoms with Crippen LogP contribution in [0.2, 0.25) is 0 Å². The summed E-state index contributed by atoms with van der Waals surface area (Å²) in [5, 5.41) is 0. The maximum atomic E-state index is 5.53. The van der Waals surface area contributed by atoms with Crippen molar-refractivity contribution in [3.63, 3.8) is 0 Å². The first-order chi connectivity index (χ1) is 3.81. The average molecular weight is 248 g/mol. The van der Waals surface area contributed by atoms with Gasteiger partial charge in [-0.15, -0.1) is 11.8 Å². The SMILES string of the molecule is CSC(Cl)(Cl)C(Cl)(Cl)Cl. The summed E-state index contributed by atoms with van der Waals surface area (Å²) in [6.45, 7) is 0. The molecule has 0 saturated heterocycles. The van der Waals surface area contributed by atoms with Crippen LogP contribution >= 0.6 is 69.8 Å². The Bertz CT molecular complexity index is 94.9. The molecule has 0 aliphatic heterocycles. The summed E-state index contributed by atoms with van der Waals surface area (Å²) in [6, 6.07) is 0. The molecule has 0 nitrogen and oxygen atoms in total. The van der Waals surface area contributed by atoms with Crippen molar-refractivity contribution in [2.75, 3.05) is 6.26 Å². The van der Waals surface area contributed by atoms with E-state index in [4.69, 9.17) is 58.0 Å². The fourth-order valence-electron chi connectivity index (χ4n) is 0.116. The van der Waals surface area contributed by atoms with Crippen LogP contribution in [0.25, 0.3) is 0 Å². The largest absolute Gasteiger partial charge is 0.232 e. The van der Waals surface area contributed by atoms with E-state index < -0.39 is 7.46 Å². The molecule has 0 aromatic heterocycles. The topological polar surface area (TPSA) is 0 Å². The Morgan fingerprint density at radius 1 is 1.00 bits per heavy atom. The molecular weight excluding hydrogens is 245 g/mol. The predicted molar refractivity (Wildman–Crippen MR) is 48.2 cm³/mol. The summed E-state index contributed by atoms with van der Waals surface area (Å²) in [5.74, 6) is 0. The van der Waals surface area contributed by atoms with Crippen LogP contribution in [0.4, 0.5) is 0 Å². The average Bonchev–Trinajstić information content (AvgIpc) is 1.64. The Kier molecular flexibility index (Phi) is 4.16. The van der Waals surface area contributed by atoms with E-state index in [1.54, 1.807) is 6.26 Å². The first-order valence-corrected chi connectivity index (χ1v) is 4.92. The molecule has 0 aromatic carbocycles. The lowest BCUT2D eigenvalue weighted by molar-refractivity contribution is 1.12. The minimum absolute atomic E-state index is 1.07. The van der Waals surface area contributed by atoms with E-state index in [2.05, 4.69) is 0 Å². The molecule has 0 aliphatic carbocycles. The van der Waals surface area contributed by atoms with E-state index in [0.29, 0.717) is 0 Å². The molecule has 0 bridgehead atoms. The molecular formula is C3H3Cl5S. The summed E-state index contributed by atoms with van der Waals surface area (Å²) in [7, 11) is 0. The molecule has 56 valence electrons. The molecule has 0 heterocycles. The van der Waals surface area contributed by atoms with Crippen LogP contribution in [0.5, 0.6) is 0 Å². The highest BCUT2D eigenvalue weighted by Crippen LogP contribution is 2.51. The van der Waals surface area contributed by atoms with Gasteiger partial charge in [0.2, 0.25) is 7.46 Å². The first-order valence-electron chi connectivity index (χ1n) is 1.81.